The lowest BCUT2D eigenvalue weighted by molar-refractivity contribution is -0.140. The molecule has 2 atom stereocenters. The van der Waals surface area contributed by atoms with Gasteiger partial charge in [-0.3, -0.25) is 13.9 Å². The minimum Gasteiger partial charge on any atom is -0.352 e. The number of hydrogen-bond donors (Lipinski definition) is 1. The quantitative estimate of drug-likeness (QED) is 0.296. The van der Waals surface area contributed by atoms with Gasteiger partial charge in [0.1, 0.15) is 18.4 Å². The summed E-state index contributed by atoms with van der Waals surface area (Å²) < 4.78 is 39.9. The monoisotopic (exact) mass is 607 g/mol. The van der Waals surface area contributed by atoms with Crippen LogP contribution in [0, 0.1) is 5.82 Å². The molecule has 3 rings (SSSR count). The summed E-state index contributed by atoms with van der Waals surface area (Å²) in [5.74, 6) is -1.55. The molecule has 11 heteroatoms. The minimum absolute atomic E-state index is 0.0395. The highest BCUT2D eigenvalue weighted by molar-refractivity contribution is 7.92. The number of benzene rings is 3. The fraction of sp³-hybridized carbons (Fsp3) is 0.310. The molecule has 7 nitrogen and oxygen atoms in total. The van der Waals surface area contributed by atoms with Gasteiger partial charge in [0.15, 0.2) is 0 Å². The van der Waals surface area contributed by atoms with Crippen LogP contribution in [0.3, 0.4) is 0 Å². The Bertz CT molecular complexity index is 1420. The maximum atomic E-state index is 14.0. The second-order valence-corrected chi connectivity index (χ2v) is 12.3. The van der Waals surface area contributed by atoms with Crippen molar-refractivity contribution in [3.8, 4) is 0 Å². The Kier molecular flexibility index (Phi) is 11.0. The molecular formula is C29H32Cl2FN3O4S. The highest BCUT2D eigenvalue weighted by Gasteiger charge is 2.33. The largest absolute Gasteiger partial charge is 0.352 e. The maximum absolute atomic E-state index is 14.0. The van der Waals surface area contributed by atoms with E-state index in [9.17, 15) is 22.4 Å². The number of anilines is 1. The molecule has 1 N–H and O–H groups in total. The van der Waals surface area contributed by atoms with Gasteiger partial charge in [0.05, 0.1) is 22.0 Å². The first-order valence-electron chi connectivity index (χ1n) is 12.7. The van der Waals surface area contributed by atoms with Crippen molar-refractivity contribution in [2.75, 3.05) is 17.1 Å². The number of carbonyl (C=O) groups is 2. The maximum Gasteiger partial charge on any atom is 0.244 e. The molecule has 3 aromatic rings. The molecule has 2 amide bonds. The number of nitrogens with zero attached hydrogens (tertiary/aromatic N) is 2. The van der Waals surface area contributed by atoms with E-state index >= 15 is 0 Å². The van der Waals surface area contributed by atoms with E-state index in [0.717, 1.165) is 28.3 Å². The molecule has 0 aliphatic carbocycles. The molecule has 0 radical (unpaired) electrons. The van der Waals surface area contributed by atoms with E-state index in [2.05, 4.69) is 5.32 Å². The zero-order valence-electron chi connectivity index (χ0n) is 22.5. The van der Waals surface area contributed by atoms with Crippen LogP contribution in [0.25, 0.3) is 0 Å². The normalized spacial score (nSPS) is 12.8. The Hall–Kier alpha value is -3.14. The molecule has 0 bridgehead atoms. The SMILES string of the molecule is CCC(C)NC(=O)C(Cc1ccccc1)N(Cc1ccc(Cl)c(Cl)c1)C(=O)CN(c1ccc(F)cc1)S(C)(=O)=O. The summed E-state index contributed by atoms with van der Waals surface area (Å²) in [7, 11) is -3.95. The van der Waals surface area contributed by atoms with Crippen molar-refractivity contribution < 1.29 is 22.4 Å². The number of halogens is 3. The summed E-state index contributed by atoms with van der Waals surface area (Å²) in [6.45, 7) is 3.15. The lowest BCUT2D eigenvalue weighted by Crippen LogP contribution is -2.54. The number of sulfonamides is 1. The van der Waals surface area contributed by atoms with Gasteiger partial charge in [-0.05, 0) is 60.9 Å². The van der Waals surface area contributed by atoms with E-state index in [1.165, 1.54) is 17.0 Å². The Morgan fingerprint density at radius 3 is 2.17 bits per heavy atom. The second-order valence-electron chi connectivity index (χ2n) is 9.54. The average molecular weight is 609 g/mol. The zero-order chi connectivity index (χ0) is 29.4. The second kappa shape index (κ2) is 14.0. The van der Waals surface area contributed by atoms with Gasteiger partial charge < -0.3 is 10.2 Å². The molecule has 214 valence electrons. The number of carbonyl (C=O) groups excluding carboxylic acids is 2. The van der Waals surface area contributed by atoms with Crippen LogP contribution in [-0.2, 0) is 32.6 Å². The molecule has 0 aliphatic rings. The van der Waals surface area contributed by atoms with Crippen LogP contribution in [0.1, 0.15) is 31.4 Å². The molecular weight excluding hydrogens is 576 g/mol. The molecule has 0 saturated heterocycles. The number of nitrogens with one attached hydrogen (secondary N) is 1. The summed E-state index contributed by atoms with van der Waals surface area (Å²) >= 11 is 12.3. The van der Waals surface area contributed by atoms with E-state index < -0.39 is 34.3 Å². The van der Waals surface area contributed by atoms with Gasteiger partial charge in [-0.1, -0.05) is 66.5 Å². The Labute approximate surface area is 244 Å². The molecule has 40 heavy (non-hydrogen) atoms. The highest BCUT2D eigenvalue weighted by atomic mass is 35.5. The number of amides is 2. The van der Waals surface area contributed by atoms with Crippen molar-refractivity contribution in [1.29, 1.82) is 0 Å². The van der Waals surface area contributed by atoms with Gasteiger partial charge >= 0.3 is 0 Å². The smallest absolute Gasteiger partial charge is 0.244 e. The van der Waals surface area contributed by atoms with Crippen molar-refractivity contribution in [3.05, 3.63) is 99.8 Å². The molecule has 0 heterocycles. The van der Waals surface area contributed by atoms with Crippen LogP contribution in [-0.4, -0.2) is 50.0 Å². The van der Waals surface area contributed by atoms with E-state index in [1.807, 2.05) is 44.2 Å². The van der Waals surface area contributed by atoms with Crippen molar-refractivity contribution >= 4 is 50.7 Å². The molecule has 0 fully saturated rings. The Morgan fingerprint density at radius 2 is 1.60 bits per heavy atom. The van der Waals surface area contributed by atoms with Gasteiger partial charge in [-0.25, -0.2) is 12.8 Å². The third kappa shape index (κ3) is 8.68. The van der Waals surface area contributed by atoms with Gasteiger partial charge in [0, 0.05) is 19.0 Å². The topological polar surface area (TPSA) is 86.8 Å². The Balaban J connectivity index is 2.07. The summed E-state index contributed by atoms with van der Waals surface area (Å²) in [6, 6.07) is 17.8. The van der Waals surface area contributed by atoms with Crippen molar-refractivity contribution in [2.24, 2.45) is 0 Å². The van der Waals surface area contributed by atoms with E-state index in [1.54, 1.807) is 18.2 Å². The number of rotatable bonds is 12. The van der Waals surface area contributed by atoms with Gasteiger partial charge in [0.25, 0.3) is 0 Å². The van der Waals surface area contributed by atoms with Crippen molar-refractivity contribution in [1.82, 2.24) is 10.2 Å². The van der Waals surface area contributed by atoms with E-state index in [4.69, 9.17) is 23.2 Å². The van der Waals surface area contributed by atoms with E-state index in [0.29, 0.717) is 17.0 Å². The third-order valence-electron chi connectivity index (χ3n) is 6.40. The van der Waals surface area contributed by atoms with Gasteiger partial charge in [-0.15, -0.1) is 0 Å². The molecule has 2 unspecified atom stereocenters. The zero-order valence-corrected chi connectivity index (χ0v) is 24.8. The lowest BCUT2D eigenvalue weighted by Gasteiger charge is -2.34. The average Bonchev–Trinajstić information content (AvgIpc) is 2.91. The first kappa shape index (κ1) is 31.4. The molecule has 0 aliphatic heterocycles. The first-order valence-corrected chi connectivity index (χ1v) is 15.3. The van der Waals surface area contributed by atoms with E-state index in [-0.39, 0.29) is 35.6 Å². The van der Waals surface area contributed by atoms with Crippen molar-refractivity contribution in [2.45, 2.75) is 45.3 Å². The van der Waals surface area contributed by atoms with Crippen molar-refractivity contribution in [3.63, 3.8) is 0 Å². The highest BCUT2D eigenvalue weighted by Crippen LogP contribution is 2.25. The van der Waals surface area contributed by atoms with Crippen LogP contribution in [0.4, 0.5) is 10.1 Å². The predicted molar refractivity (Wildman–Crippen MR) is 157 cm³/mol. The fourth-order valence-corrected chi connectivity index (χ4v) is 5.22. The molecule has 0 aromatic heterocycles. The molecule has 0 spiro atoms. The summed E-state index contributed by atoms with van der Waals surface area (Å²) in [6.07, 6.45) is 1.83. The fourth-order valence-electron chi connectivity index (χ4n) is 4.05. The third-order valence-corrected chi connectivity index (χ3v) is 8.28. The summed E-state index contributed by atoms with van der Waals surface area (Å²) in [5, 5.41) is 3.57. The minimum atomic E-state index is -3.95. The number of hydrogen-bond acceptors (Lipinski definition) is 4. The van der Waals surface area contributed by atoms with Crippen LogP contribution in [0.15, 0.2) is 72.8 Å². The summed E-state index contributed by atoms with van der Waals surface area (Å²) in [5.41, 5.74) is 1.54. The first-order chi connectivity index (χ1) is 18.9. The van der Waals surface area contributed by atoms with Crippen LogP contribution in [0.5, 0.6) is 0 Å². The Morgan fingerprint density at radius 1 is 0.950 bits per heavy atom. The van der Waals surface area contributed by atoms with Gasteiger partial charge in [0.2, 0.25) is 21.8 Å². The molecule has 3 aromatic carbocycles. The summed E-state index contributed by atoms with van der Waals surface area (Å²) in [4.78, 5) is 29.0. The predicted octanol–water partition coefficient (Wildman–Crippen LogP) is 5.45. The lowest BCUT2D eigenvalue weighted by atomic mass is 10.0. The molecule has 0 saturated carbocycles. The van der Waals surface area contributed by atoms with Crippen LogP contribution >= 0.6 is 23.2 Å². The van der Waals surface area contributed by atoms with Crippen LogP contribution in [0.2, 0.25) is 10.0 Å². The standard InChI is InChI=1S/C29H32Cl2FN3O4S/c1-4-20(2)33-29(37)27(17-21-8-6-5-7-9-21)34(18-22-10-15-25(30)26(31)16-22)28(36)19-35(40(3,38)39)24-13-11-23(32)12-14-24/h5-16,20,27H,4,17-19H2,1-3H3,(H,33,37). The van der Waals surface area contributed by atoms with Crippen LogP contribution < -0.4 is 9.62 Å². The van der Waals surface area contributed by atoms with Gasteiger partial charge in [-0.2, -0.15) is 0 Å².